The third-order valence-electron chi connectivity index (χ3n) is 4.89. The van der Waals surface area contributed by atoms with E-state index in [2.05, 4.69) is 58.2 Å². The van der Waals surface area contributed by atoms with Crippen molar-refractivity contribution >= 4 is 13.5 Å². The highest BCUT2D eigenvalue weighted by Crippen LogP contribution is 2.47. The van der Waals surface area contributed by atoms with Crippen molar-refractivity contribution in [2.24, 2.45) is 0 Å². The van der Waals surface area contributed by atoms with Gasteiger partial charge in [-0.3, -0.25) is 9.36 Å². The summed E-state index contributed by atoms with van der Waals surface area (Å²) >= 11 is 0. The van der Waals surface area contributed by atoms with Crippen molar-refractivity contribution in [3.63, 3.8) is 0 Å². The van der Waals surface area contributed by atoms with Gasteiger partial charge in [-0.15, -0.1) is 0 Å². The molecule has 0 atom stereocenters. The Balaban J connectivity index is 4.23. The molecule has 0 unspecified atom stereocenters. The zero-order valence-corrected chi connectivity index (χ0v) is 22.4. The van der Waals surface area contributed by atoms with Gasteiger partial charge in [-0.05, 0) is 87.0 Å². The lowest BCUT2D eigenvalue weighted by Crippen LogP contribution is -2.27. The summed E-state index contributed by atoms with van der Waals surface area (Å²) in [6, 6.07) is 0. The van der Waals surface area contributed by atoms with E-state index in [1.165, 1.54) is 22.3 Å². The molecule has 0 aromatic rings. The zero-order valence-electron chi connectivity index (χ0n) is 21.5. The maximum absolute atomic E-state index is 12.4. The van der Waals surface area contributed by atoms with E-state index >= 15 is 0 Å². The number of amides is 1. The fraction of sp³-hybridized carbons (Fsp3) is 0.654. The standard InChI is InChI=1S/C26H46NO4P/c1-8-30-32(29,31-9-2)21-26(28)27-20-19-25(7)18-12-17-24(6)16-11-15-23(5)14-10-13-22(3)4/h13,15,17,19H,8-12,14,16,18,20-21H2,1-7H3,(H,27,28). The molecule has 0 bridgehead atoms. The second-order valence-electron chi connectivity index (χ2n) is 8.46. The van der Waals surface area contributed by atoms with Gasteiger partial charge in [-0.2, -0.15) is 0 Å². The molecule has 184 valence electrons. The summed E-state index contributed by atoms with van der Waals surface area (Å²) in [5, 5.41) is 2.77. The second-order valence-corrected chi connectivity index (χ2v) is 10.5. The summed E-state index contributed by atoms with van der Waals surface area (Å²) < 4.78 is 22.7. The van der Waals surface area contributed by atoms with Crippen LogP contribution in [-0.2, 0) is 18.4 Å². The normalized spacial score (nSPS) is 13.3. The number of hydrogen-bond acceptors (Lipinski definition) is 4. The lowest BCUT2D eigenvalue weighted by atomic mass is 10.0. The molecule has 5 nitrogen and oxygen atoms in total. The molecule has 0 aromatic carbocycles. The third kappa shape index (κ3) is 17.2. The first-order valence-electron chi connectivity index (χ1n) is 11.9. The molecule has 1 N–H and O–H groups in total. The van der Waals surface area contributed by atoms with Gasteiger partial charge in [-0.1, -0.05) is 46.6 Å². The van der Waals surface area contributed by atoms with Crippen LogP contribution in [0.1, 0.15) is 87.0 Å². The minimum absolute atomic E-state index is 0.244. The van der Waals surface area contributed by atoms with Crippen molar-refractivity contribution in [3.8, 4) is 0 Å². The van der Waals surface area contributed by atoms with Gasteiger partial charge in [0.1, 0.15) is 6.16 Å². The van der Waals surface area contributed by atoms with Gasteiger partial charge in [0.15, 0.2) is 0 Å². The Bertz CT molecular complexity index is 705. The number of carbonyl (C=O) groups is 1. The van der Waals surface area contributed by atoms with Crippen LogP contribution in [0.4, 0.5) is 0 Å². The van der Waals surface area contributed by atoms with Gasteiger partial charge in [0.2, 0.25) is 5.91 Å². The van der Waals surface area contributed by atoms with Crippen LogP contribution in [0.5, 0.6) is 0 Å². The van der Waals surface area contributed by atoms with Gasteiger partial charge in [0.25, 0.3) is 0 Å². The summed E-state index contributed by atoms with van der Waals surface area (Å²) in [5.41, 5.74) is 5.50. The highest BCUT2D eigenvalue weighted by atomic mass is 31.2. The molecular formula is C26H46NO4P. The molecule has 1 amide bonds. The van der Waals surface area contributed by atoms with E-state index in [1.807, 2.05) is 6.08 Å². The predicted molar refractivity (Wildman–Crippen MR) is 137 cm³/mol. The van der Waals surface area contributed by atoms with Crippen molar-refractivity contribution < 1.29 is 18.4 Å². The molecule has 0 aliphatic rings. The SMILES string of the molecule is CCOP(=O)(CC(=O)NCC=C(C)CCC=C(C)CCC=C(C)CCC=C(C)C)OCC. The van der Waals surface area contributed by atoms with Crippen LogP contribution >= 0.6 is 7.60 Å². The first-order chi connectivity index (χ1) is 15.1. The lowest BCUT2D eigenvalue weighted by Gasteiger charge is -2.16. The number of carbonyl (C=O) groups excluding carboxylic acids is 1. The van der Waals surface area contributed by atoms with E-state index in [9.17, 15) is 9.36 Å². The third-order valence-corrected chi connectivity index (χ3v) is 6.87. The fourth-order valence-corrected chi connectivity index (χ4v) is 4.59. The average Bonchev–Trinajstić information content (AvgIpc) is 2.67. The van der Waals surface area contributed by atoms with Crippen LogP contribution in [-0.4, -0.2) is 31.8 Å². The van der Waals surface area contributed by atoms with E-state index in [0.717, 1.165) is 38.5 Å². The van der Waals surface area contributed by atoms with E-state index in [1.54, 1.807) is 13.8 Å². The second kappa shape index (κ2) is 18.1. The van der Waals surface area contributed by atoms with Crippen LogP contribution in [0.3, 0.4) is 0 Å². The Morgan fingerprint density at radius 3 is 1.62 bits per heavy atom. The quantitative estimate of drug-likeness (QED) is 0.177. The van der Waals surface area contributed by atoms with Crippen LogP contribution in [0.15, 0.2) is 46.6 Å². The molecule has 0 saturated carbocycles. The highest BCUT2D eigenvalue weighted by molar-refractivity contribution is 7.54. The number of nitrogens with one attached hydrogen (secondary N) is 1. The lowest BCUT2D eigenvalue weighted by molar-refractivity contribution is -0.118. The minimum atomic E-state index is -3.34. The van der Waals surface area contributed by atoms with E-state index < -0.39 is 7.60 Å². The maximum atomic E-state index is 12.4. The minimum Gasteiger partial charge on any atom is -0.352 e. The Labute approximate surface area is 197 Å². The Hall–Kier alpha value is -1.42. The van der Waals surface area contributed by atoms with Gasteiger partial charge < -0.3 is 14.4 Å². The van der Waals surface area contributed by atoms with Crippen LogP contribution in [0.2, 0.25) is 0 Å². The molecule has 0 saturated heterocycles. The summed E-state index contributed by atoms with van der Waals surface area (Å²) in [6.45, 7) is 15.2. The van der Waals surface area contributed by atoms with Gasteiger partial charge in [0.05, 0.1) is 13.2 Å². The Morgan fingerprint density at radius 1 is 0.750 bits per heavy atom. The smallest absolute Gasteiger partial charge is 0.340 e. The number of hydrogen-bond donors (Lipinski definition) is 1. The van der Waals surface area contributed by atoms with Crippen molar-refractivity contribution in [1.82, 2.24) is 5.32 Å². The summed E-state index contributed by atoms with van der Waals surface area (Å²) in [6.07, 6.45) is 15.1. The van der Waals surface area contributed by atoms with Crippen molar-refractivity contribution in [3.05, 3.63) is 46.6 Å². The first-order valence-corrected chi connectivity index (χ1v) is 13.6. The van der Waals surface area contributed by atoms with E-state index in [-0.39, 0.29) is 25.3 Å². The van der Waals surface area contributed by atoms with Crippen molar-refractivity contribution in [1.29, 1.82) is 0 Å². The van der Waals surface area contributed by atoms with Gasteiger partial charge in [0, 0.05) is 6.54 Å². The molecule has 0 fully saturated rings. The van der Waals surface area contributed by atoms with E-state index in [0.29, 0.717) is 6.54 Å². The zero-order chi connectivity index (χ0) is 24.4. The molecule has 0 spiro atoms. The molecule has 0 aliphatic carbocycles. The molecule has 0 heterocycles. The molecular weight excluding hydrogens is 421 g/mol. The monoisotopic (exact) mass is 467 g/mol. The Morgan fingerprint density at radius 2 is 1.19 bits per heavy atom. The highest BCUT2D eigenvalue weighted by Gasteiger charge is 2.27. The Kier molecular flexibility index (Phi) is 17.3. The van der Waals surface area contributed by atoms with Crippen LogP contribution in [0.25, 0.3) is 0 Å². The summed E-state index contributed by atoms with van der Waals surface area (Å²) in [7, 11) is -3.34. The number of rotatable bonds is 17. The first kappa shape index (κ1) is 30.6. The maximum Gasteiger partial charge on any atom is 0.340 e. The van der Waals surface area contributed by atoms with Crippen LogP contribution in [0, 0.1) is 0 Å². The largest absolute Gasteiger partial charge is 0.352 e. The van der Waals surface area contributed by atoms with Crippen molar-refractivity contribution in [2.75, 3.05) is 25.9 Å². The van der Waals surface area contributed by atoms with Crippen molar-refractivity contribution in [2.45, 2.75) is 87.0 Å². The van der Waals surface area contributed by atoms with E-state index in [4.69, 9.17) is 9.05 Å². The fourth-order valence-electron chi connectivity index (χ4n) is 3.08. The summed E-state index contributed by atoms with van der Waals surface area (Å²) in [4.78, 5) is 12.0. The van der Waals surface area contributed by atoms with Gasteiger partial charge in [-0.25, -0.2) is 0 Å². The molecule has 6 heteroatoms. The summed E-state index contributed by atoms with van der Waals surface area (Å²) in [5.74, 6) is -0.320. The average molecular weight is 468 g/mol. The number of allylic oxidation sites excluding steroid dienone is 7. The predicted octanol–water partition coefficient (Wildman–Crippen LogP) is 7.51. The van der Waals surface area contributed by atoms with Gasteiger partial charge >= 0.3 is 7.60 Å². The molecule has 0 radical (unpaired) electrons. The molecule has 32 heavy (non-hydrogen) atoms. The molecule has 0 aliphatic heterocycles. The topological polar surface area (TPSA) is 64.6 Å². The molecule has 0 aromatic heterocycles. The molecule has 0 rings (SSSR count). The van der Waals surface area contributed by atoms with Crippen LogP contribution < -0.4 is 5.32 Å².